The lowest BCUT2D eigenvalue weighted by atomic mass is 9.93. The average molecular weight is 418 g/mol. The molecule has 0 amide bonds. The highest BCUT2D eigenvalue weighted by Crippen LogP contribution is 2.23. The van der Waals surface area contributed by atoms with Gasteiger partial charge in [-0.2, -0.15) is 5.26 Å². The average Bonchev–Trinajstić information content (AvgIpc) is 2.84. The number of hydrogen-bond donors (Lipinski definition) is 0. The summed E-state index contributed by atoms with van der Waals surface area (Å²) < 4.78 is 13.9. The Bertz CT molecular complexity index is 1250. The van der Waals surface area contributed by atoms with E-state index in [4.69, 9.17) is 5.26 Å². The monoisotopic (exact) mass is 417 g/mol. The lowest BCUT2D eigenvalue weighted by molar-refractivity contribution is 0.624. The standard InChI is InChI=1S/C30H24FN/c1-22(26-5-3-2-4-6-26)19-25-11-9-23(10-12-25)7-8-24-13-15-27(16-14-24)28-17-18-29(21-32)30(31)20-28/h2-18,20,22H,19H2,1H3/t22-/m0/s1. The van der Waals surface area contributed by atoms with Gasteiger partial charge < -0.3 is 0 Å². The molecule has 0 N–H and O–H groups in total. The van der Waals surface area contributed by atoms with Gasteiger partial charge >= 0.3 is 0 Å². The van der Waals surface area contributed by atoms with Gasteiger partial charge in [0.2, 0.25) is 0 Å². The van der Waals surface area contributed by atoms with E-state index in [9.17, 15) is 4.39 Å². The molecule has 0 bridgehead atoms. The molecule has 0 radical (unpaired) electrons. The molecule has 2 heteroatoms. The SMILES string of the molecule is C[C@@H](Cc1ccc(C=Cc2ccc(-c3ccc(C#N)c(F)c3)cc2)cc1)c1ccccc1. The zero-order chi connectivity index (χ0) is 22.3. The van der Waals surface area contributed by atoms with Crippen molar-refractivity contribution in [3.05, 3.63) is 131 Å². The Morgan fingerprint density at radius 1 is 0.781 bits per heavy atom. The Morgan fingerprint density at radius 3 is 1.97 bits per heavy atom. The second-order valence-corrected chi connectivity index (χ2v) is 8.02. The van der Waals surface area contributed by atoms with E-state index in [0.717, 1.165) is 28.7 Å². The van der Waals surface area contributed by atoms with Crippen LogP contribution in [0.3, 0.4) is 0 Å². The molecule has 1 nitrogen and oxygen atoms in total. The first-order valence-electron chi connectivity index (χ1n) is 10.7. The van der Waals surface area contributed by atoms with E-state index in [2.05, 4.69) is 73.7 Å². The van der Waals surface area contributed by atoms with Gasteiger partial charge in [-0.25, -0.2) is 4.39 Å². The molecular formula is C30H24FN. The largest absolute Gasteiger partial charge is 0.206 e. The summed E-state index contributed by atoms with van der Waals surface area (Å²) in [5, 5.41) is 8.87. The summed E-state index contributed by atoms with van der Waals surface area (Å²) >= 11 is 0. The number of halogens is 1. The van der Waals surface area contributed by atoms with Crippen molar-refractivity contribution in [2.24, 2.45) is 0 Å². The molecule has 0 saturated carbocycles. The van der Waals surface area contributed by atoms with Gasteiger partial charge in [0.15, 0.2) is 0 Å². The highest BCUT2D eigenvalue weighted by Gasteiger charge is 2.06. The van der Waals surface area contributed by atoms with Crippen molar-refractivity contribution in [3.63, 3.8) is 0 Å². The van der Waals surface area contributed by atoms with Gasteiger partial charge in [-0.15, -0.1) is 0 Å². The van der Waals surface area contributed by atoms with Gasteiger partial charge in [-0.1, -0.05) is 104 Å². The molecule has 0 aliphatic rings. The van der Waals surface area contributed by atoms with Crippen LogP contribution in [0.5, 0.6) is 0 Å². The van der Waals surface area contributed by atoms with Gasteiger partial charge in [0, 0.05) is 0 Å². The van der Waals surface area contributed by atoms with E-state index in [1.165, 1.54) is 23.3 Å². The third kappa shape index (κ3) is 5.20. The molecule has 0 spiro atoms. The third-order valence-electron chi connectivity index (χ3n) is 5.69. The Labute approximate surface area is 189 Å². The van der Waals surface area contributed by atoms with Crippen LogP contribution in [0, 0.1) is 17.1 Å². The number of nitrogens with zero attached hydrogens (tertiary/aromatic N) is 1. The fourth-order valence-corrected chi connectivity index (χ4v) is 3.78. The lowest BCUT2D eigenvalue weighted by Crippen LogP contribution is -1.98. The molecule has 4 aromatic rings. The van der Waals surface area contributed by atoms with Gasteiger partial charge in [0.05, 0.1) is 5.56 Å². The normalized spacial score (nSPS) is 11.9. The molecule has 4 rings (SSSR count). The zero-order valence-electron chi connectivity index (χ0n) is 18.0. The number of rotatable bonds is 6. The van der Waals surface area contributed by atoms with E-state index in [0.29, 0.717) is 5.92 Å². The fraction of sp³-hybridized carbons (Fsp3) is 0.100. The molecule has 0 fully saturated rings. The van der Waals surface area contributed by atoms with E-state index >= 15 is 0 Å². The first-order valence-corrected chi connectivity index (χ1v) is 10.7. The smallest absolute Gasteiger partial charge is 0.141 e. The summed E-state index contributed by atoms with van der Waals surface area (Å²) in [6.07, 6.45) is 5.19. The molecule has 0 heterocycles. The van der Waals surface area contributed by atoms with Gasteiger partial charge in [0.1, 0.15) is 11.9 Å². The maximum absolute atomic E-state index is 13.9. The maximum Gasteiger partial charge on any atom is 0.141 e. The predicted octanol–water partition coefficient (Wildman–Crippen LogP) is 7.88. The molecule has 156 valence electrons. The minimum Gasteiger partial charge on any atom is -0.206 e. The van der Waals surface area contributed by atoms with Crippen molar-refractivity contribution < 1.29 is 4.39 Å². The predicted molar refractivity (Wildman–Crippen MR) is 130 cm³/mol. The summed E-state index contributed by atoms with van der Waals surface area (Å²) in [4.78, 5) is 0. The van der Waals surface area contributed by atoms with Gasteiger partial charge in [0.25, 0.3) is 0 Å². The zero-order valence-corrected chi connectivity index (χ0v) is 18.0. The molecule has 0 aliphatic heterocycles. The molecule has 0 aliphatic carbocycles. The minimum absolute atomic E-state index is 0.0637. The van der Waals surface area contributed by atoms with Crippen LogP contribution in [0.4, 0.5) is 4.39 Å². The molecule has 1 atom stereocenters. The highest BCUT2D eigenvalue weighted by atomic mass is 19.1. The molecule has 0 saturated heterocycles. The van der Waals surface area contributed by atoms with E-state index < -0.39 is 5.82 Å². The fourth-order valence-electron chi connectivity index (χ4n) is 3.78. The summed E-state index contributed by atoms with van der Waals surface area (Å²) in [5.74, 6) is -0.00346. The van der Waals surface area contributed by atoms with Crippen LogP contribution < -0.4 is 0 Å². The van der Waals surface area contributed by atoms with Crippen molar-refractivity contribution in [2.45, 2.75) is 19.3 Å². The Morgan fingerprint density at radius 2 is 1.38 bits per heavy atom. The third-order valence-corrected chi connectivity index (χ3v) is 5.69. The molecular weight excluding hydrogens is 393 g/mol. The number of hydrogen-bond acceptors (Lipinski definition) is 1. The van der Waals surface area contributed by atoms with E-state index in [-0.39, 0.29) is 5.56 Å². The molecule has 4 aromatic carbocycles. The van der Waals surface area contributed by atoms with Gasteiger partial charge in [-0.05, 0) is 57.9 Å². The summed E-state index contributed by atoms with van der Waals surface area (Å²) in [5.41, 5.74) is 6.67. The van der Waals surface area contributed by atoms with Crippen molar-refractivity contribution >= 4 is 12.2 Å². The van der Waals surface area contributed by atoms with Crippen molar-refractivity contribution in [1.29, 1.82) is 5.26 Å². The Hall–Kier alpha value is -3.96. The summed E-state index contributed by atoms with van der Waals surface area (Å²) in [6.45, 7) is 2.26. The second kappa shape index (κ2) is 9.90. The van der Waals surface area contributed by atoms with Crippen LogP contribution in [0.15, 0.2) is 97.1 Å². The first kappa shape index (κ1) is 21.3. The van der Waals surface area contributed by atoms with Crippen LogP contribution >= 0.6 is 0 Å². The second-order valence-electron chi connectivity index (χ2n) is 8.02. The van der Waals surface area contributed by atoms with Crippen LogP contribution in [0.25, 0.3) is 23.3 Å². The highest BCUT2D eigenvalue weighted by molar-refractivity contribution is 5.72. The quantitative estimate of drug-likeness (QED) is 0.293. The van der Waals surface area contributed by atoms with E-state index in [1.807, 2.05) is 30.3 Å². The topological polar surface area (TPSA) is 23.8 Å². The van der Waals surface area contributed by atoms with Crippen molar-refractivity contribution in [1.82, 2.24) is 0 Å². The Kier molecular flexibility index (Phi) is 6.58. The van der Waals surface area contributed by atoms with Crippen molar-refractivity contribution in [2.75, 3.05) is 0 Å². The van der Waals surface area contributed by atoms with Crippen molar-refractivity contribution in [3.8, 4) is 17.2 Å². The molecule has 32 heavy (non-hydrogen) atoms. The lowest BCUT2D eigenvalue weighted by Gasteiger charge is -2.12. The van der Waals surface area contributed by atoms with Crippen LogP contribution in [0.1, 0.15) is 40.7 Å². The first-order chi connectivity index (χ1) is 15.6. The number of benzene rings is 4. The minimum atomic E-state index is -0.490. The van der Waals surface area contributed by atoms with E-state index in [1.54, 1.807) is 6.07 Å². The number of nitriles is 1. The van der Waals surface area contributed by atoms with Gasteiger partial charge in [-0.3, -0.25) is 0 Å². The summed E-state index contributed by atoms with van der Waals surface area (Å²) in [6, 6.07) is 33.8. The van der Waals surface area contributed by atoms with Crippen LogP contribution in [0.2, 0.25) is 0 Å². The van der Waals surface area contributed by atoms with Crippen LogP contribution in [-0.4, -0.2) is 0 Å². The molecule has 0 unspecified atom stereocenters. The molecule has 0 aromatic heterocycles. The maximum atomic E-state index is 13.9. The Balaban J connectivity index is 1.40. The summed E-state index contributed by atoms with van der Waals surface area (Å²) in [7, 11) is 0. The van der Waals surface area contributed by atoms with Crippen LogP contribution in [-0.2, 0) is 6.42 Å².